The van der Waals surface area contributed by atoms with Crippen molar-refractivity contribution < 1.29 is 13.2 Å². The number of nitrogens with two attached hydrogens (primary N) is 1. The first-order valence-electron chi connectivity index (χ1n) is 5.63. The van der Waals surface area contributed by atoms with Gasteiger partial charge in [0.2, 0.25) is 0 Å². The van der Waals surface area contributed by atoms with Gasteiger partial charge in [0, 0.05) is 11.8 Å². The molecule has 7 heteroatoms. The number of aromatic nitrogens is 2. The molecule has 3 nitrogen and oxygen atoms in total. The fourth-order valence-electron chi connectivity index (χ4n) is 1.86. The summed E-state index contributed by atoms with van der Waals surface area (Å²) >= 11 is 1.36. The molecule has 0 spiro atoms. The lowest BCUT2D eigenvalue weighted by Crippen LogP contribution is -2.07. The second-order valence-corrected chi connectivity index (χ2v) is 5.23. The van der Waals surface area contributed by atoms with Crippen LogP contribution in [0.1, 0.15) is 5.69 Å². The number of nitrogen functional groups attached to an aromatic ring is 1. The van der Waals surface area contributed by atoms with Crippen molar-refractivity contribution in [3.8, 4) is 11.1 Å². The first-order valence-corrected chi connectivity index (χ1v) is 6.45. The zero-order valence-corrected chi connectivity index (χ0v) is 10.8. The fraction of sp³-hybridized carbons (Fsp3) is 0.0769. The van der Waals surface area contributed by atoms with Crippen LogP contribution < -0.4 is 5.73 Å². The van der Waals surface area contributed by atoms with E-state index in [-0.39, 0.29) is 0 Å². The number of halogens is 3. The van der Waals surface area contributed by atoms with Crippen LogP contribution in [0.5, 0.6) is 0 Å². The van der Waals surface area contributed by atoms with Crippen LogP contribution in [-0.4, -0.2) is 9.97 Å². The van der Waals surface area contributed by atoms with Crippen molar-refractivity contribution in [3.05, 3.63) is 42.2 Å². The summed E-state index contributed by atoms with van der Waals surface area (Å²) in [6, 6.07) is 7.80. The second-order valence-electron chi connectivity index (χ2n) is 4.16. The summed E-state index contributed by atoms with van der Waals surface area (Å²) in [5, 5.41) is 0.461. The molecule has 20 heavy (non-hydrogen) atoms. The lowest BCUT2D eigenvalue weighted by atomic mass is 10.1. The number of rotatable bonds is 1. The number of thiazole rings is 1. The molecular formula is C13H8F3N3S. The summed E-state index contributed by atoms with van der Waals surface area (Å²) in [5.74, 6) is 0. The van der Waals surface area contributed by atoms with E-state index in [2.05, 4.69) is 9.97 Å². The maximum Gasteiger partial charge on any atom is 0.433 e. The summed E-state index contributed by atoms with van der Waals surface area (Å²) < 4.78 is 38.3. The summed E-state index contributed by atoms with van der Waals surface area (Å²) in [4.78, 5) is 7.60. The maximum atomic E-state index is 12.4. The van der Waals surface area contributed by atoms with Gasteiger partial charge >= 0.3 is 6.18 Å². The lowest BCUT2D eigenvalue weighted by molar-refractivity contribution is -0.141. The van der Waals surface area contributed by atoms with Crippen molar-refractivity contribution >= 4 is 26.7 Å². The first-order chi connectivity index (χ1) is 9.43. The first kappa shape index (κ1) is 12.9. The van der Waals surface area contributed by atoms with E-state index in [4.69, 9.17) is 5.73 Å². The van der Waals surface area contributed by atoms with Gasteiger partial charge < -0.3 is 5.73 Å². The smallest absolute Gasteiger partial charge is 0.375 e. The molecule has 0 fully saturated rings. The second kappa shape index (κ2) is 4.45. The van der Waals surface area contributed by atoms with Crippen LogP contribution >= 0.6 is 11.3 Å². The predicted molar refractivity (Wildman–Crippen MR) is 72.3 cm³/mol. The average molecular weight is 295 g/mol. The van der Waals surface area contributed by atoms with Crippen LogP contribution in [0, 0.1) is 0 Å². The zero-order chi connectivity index (χ0) is 14.3. The Labute approximate surface area is 115 Å². The Morgan fingerprint density at radius 1 is 1.05 bits per heavy atom. The molecule has 0 bridgehead atoms. The highest BCUT2D eigenvalue weighted by molar-refractivity contribution is 7.22. The summed E-state index contributed by atoms with van der Waals surface area (Å²) in [6.45, 7) is 0. The van der Waals surface area contributed by atoms with Crippen LogP contribution in [-0.2, 0) is 6.18 Å². The molecule has 2 heterocycles. The SMILES string of the molecule is Nc1nc2cc(-c3ccc(C(F)(F)F)nc3)ccc2s1. The molecule has 3 rings (SSSR count). The number of nitrogens with zero attached hydrogens (tertiary/aromatic N) is 2. The number of hydrogen-bond donors (Lipinski definition) is 1. The van der Waals surface area contributed by atoms with Crippen molar-refractivity contribution in [1.82, 2.24) is 9.97 Å². The van der Waals surface area contributed by atoms with Gasteiger partial charge in [0.25, 0.3) is 0 Å². The number of hydrogen-bond acceptors (Lipinski definition) is 4. The highest BCUT2D eigenvalue weighted by Gasteiger charge is 2.32. The van der Waals surface area contributed by atoms with E-state index in [1.165, 1.54) is 23.6 Å². The van der Waals surface area contributed by atoms with E-state index in [0.29, 0.717) is 10.7 Å². The average Bonchev–Trinajstić information content (AvgIpc) is 2.77. The number of benzene rings is 1. The molecule has 0 saturated heterocycles. The molecule has 0 aliphatic rings. The topological polar surface area (TPSA) is 51.8 Å². The molecule has 3 aromatic rings. The zero-order valence-electron chi connectivity index (χ0n) is 9.98. The van der Waals surface area contributed by atoms with Gasteiger partial charge in [-0.15, -0.1) is 0 Å². The Bertz CT molecular complexity index is 763. The number of anilines is 1. The Kier molecular flexibility index (Phi) is 2.86. The van der Waals surface area contributed by atoms with Crippen LogP contribution in [0.25, 0.3) is 21.3 Å². The minimum atomic E-state index is -4.42. The van der Waals surface area contributed by atoms with Crippen molar-refractivity contribution in [2.24, 2.45) is 0 Å². The highest BCUT2D eigenvalue weighted by Crippen LogP contribution is 2.31. The molecular weight excluding hydrogens is 287 g/mol. The van der Waals surface area contributed by atoms with Crippen LogP contribution in [0.4, 0.5) is 18.3 Å². The standard InChI is InChI=1S/C13H8F3N3S/c14-13(15,16)11-4-2-8(6-18-11)7-1-3-10-9(5-7)19-12(17)20-10/h1-6H,(H2,17,19). The summed E-state index contributed by atoms with van der Waals surface area (Å²) in [7, 11) is 0. The molecule has 0 aliphatic carbocycles. The molecule has 1 aromatic carbocycles. The van der Waals surface area contributed by atoms with Gasteiger partial charge in [-0.1, -0.05) is 23.5 Å². The van der Waals surface area contributed by atoms with E-state index < -0.39 is 11.9 Å². The maximum absolute atomic E-state index is 12.4. The van der Waals surface area contributed by atoms with E-state index in [1.807, 2.05) is 12.1 Å². The van der Waals surface area contributed by atoms with Crippen molar-refractivity contribution in [3.63, 3.8) is 0 Å². The van der Waals surface area contributed by atoms with Crippen molar-refractivity contribution in [2.45, 2.75) is 6.18 Å². The Hall–Kier alpha value is -2.15. The van der Waals surface area contributed by atoms with Gasteiger partial charge in [-0.05, 0) is 23.8 Å². The molecule has 0 aliphatic heterocycles. The quantitative estimate of drug-likeness (QED) is 0.739. The van der Waals surface area contributed by atoms with Crippen LogP contribution in [0.3, 0.4) is 0 Å². The third kappa shape index (κ3) is 2.32. The van der Waals surface area contributed by atoms with Gasteiger partial charge in [0.1, 0.15) is 5.69 Å². The predicted octanol–water partition coefficient (Wildman–Crippen LogP) is 3.96. The Balaban J connectivity index is 2.02. The van der Waals surface area contributed by atoms with Crippen molar-refractivity contribution in [1.29, 1.82) is 0 Å². The third-order valence-electron chi connectivity index (χ3n) is 2.79. The minimum absolute atomic E-state index is 0.461. The molecule has 102 valence electrons. The Morgan fingerprint density at radius 2 is 1.80 bits per heavy atom. The van der Waals surface area contributed by atoms with Crippen LogP contribution in [0.2, 0.25) is 0 Å². The third-order valence-corrected chi connectivity index (χ3v) is 3.66. The highest BCUT2D eigenvalue weighted by atomic mass is 32.1. The number of pyridine rings is 1. The van der Waals surface area contributed by atoms with E-state index in [1.54, 1.807) is 6.07 Å². The molecule has 0 amide bonds. The monoisotopic (exact) mass is 295 g/mol. The number of fused-ring (bicyclic) bond motifs is 1. The number of alkyl halides is 3. The van der Waals surface area contributed by atoms with Gasteiger partial charge in [-0.3, -0.25) is 4.98 Å². The van der Waals surface area contributed by atoms with E-state index in [0.717, 1.165) is 21.8 Å². The Morgan fingerprint density at radius 3 is 2.45 bits per heavy atom. The van der Waals surface area contributed by atoms with E-state index in [9.17, 15) is 13.2 Å². The molecule has 2 N–H and O–H groups in total. The van der Waals surface area contributed by atoms with Gasteiger partial charge in [-0.25, -0.2) is 4.98 Å². The summed E-state index contributed by atoms with van der Waals surface area (Å²) in [6.07, 6.45) is -3.22. The molecule has 0 unspecified atom stereocenters. The normalized spacial score (nSPS) is 11.9. The van der Waals surface area contributed by atoms with Gasteiger partial charge in [0.15, 0.2) is 5.13 Å². The fourth-order valence-corrected chi connectivity index (χ4v) is 2.57. The molecule has 0 radical (unpaired) electrons. The molecule has 0 saturated carbocycles. The van der Waals surface area contributed by atoms with Gasteiger partial charge in [0.05, 0.1) is 10.2 Å². The van der Waals surface area contributed by atoms with Crippen LogP contribution in [0.15, 0.2) is 36.5 Å². The van der Waals surface area contributed by atoms with E-state index >= 15 is 0 Å². The van der Waals surface area contributed by atoms with Crippen molar-refractivity contribution in [2.75, 3.05) is 5.73 Å². The summed E-state index contributed by atoms with van der Waals surface area (Å²) in [5.41, 5.74) is 6.80. The minimum Gasteiger partial charge on any atom is -0.375 e. The molecule has 0 atom stereocenters. The van der Waals surface area contributed by atoms with Gasteiger partial charge in [-0.2, -0.15) is 13.2 Å². The largest absolute Gasteiger partial charge is 0.433 e. The lowest BCUT2D eigenvalue weighted by Gasteiger charge is -2.06. The molecule has 2 aromatic heterocycles.